The molecule has 3 nitrogen and oxygen atoms in total. The lowest BCUT2D eigenvalue weighted by Crippen LogP contribution is -2.52. The molecule has 0 spiro atoms. The van der Waals surface area contributed by atoms with E-state index in [0.717, 1.165) is 5.92 Å². The number of piperazine rings is 1. The number of hydrogen-bond donors (Lipinski definition) is 1. The van der Waals surface area contributed by atoms with Gasteiger partial charge in [0.1, 0.15) is 0 Å². The minimum Gasteiger partial charge on any atom is -0.317 e. The van der Waals surface area contributed by atoms with Crippen molar-refractivity contribution in [1.29, 1.82) is 0 Å². The summed E-state index contributed by atoms with van der Waals surface area (Å²) in [5, 5.41) is 3.52. The first-order valence-electron chi connectivity index (χ1n) is 8.45. The van der Waals surface area contributed by atoms with E-state index in [4.69, 9.17) is 0 Å². The summed E-state index contributed by atoms with van der Waals surface area (Å²) in [6.07, 6.45) is 7.10. The molecule has 1 aliphatic carbocycles. The van der Waals surface area contributed by atoms with E-state index in [0.29, 0.717) is 5.41 Å². The quantitative estimate of drug-likeness (QED) is 0.818. The Morgan fingerprint density at radius 2 is 1.63 bits per heavy atom. The van der Waals surface area contributed by atoms with Gasteiger partial charge in [0.15, 0.2) is 0 Å². The third kappa shape index (κ3) is 3.71. The topological polar surface area (TPSA) is 18.5 Å². The molecular formula is C16H31N3. The lowest BCUT2D eigenvalue weighted by molar-refractivity contribution is 0.0625. The Labute approximate surface area is 118 Å². The van der Waals surface area contributed by atoms with Crippen molar-refractivity contribution in [3.05, 3.63) is 0 Å². The fourth-order valence-electron chi connectivity index (χ4n) is 3.85. The van der Waals surface area contributed by atoms with Crippen LogP contribution in [0, 0.1) is 11.3 Å². The van der Waals surface area contributed by atoms with Crippen molar-refractivity contribution in [2.45, 2.75) is 39.0 Å². The second kappa shape index (κ2) is 6.11. The highest BCUT2D eigenvalue weighted by atomic mass is 15.3. The first-order chi connectivity index (χ1) is 9.30. The maximum atomic E-state index is 3.52. The van der Waals surface area contributed by atoms with Gasteiger partial charge in [-0.05, 0) is 56.5 Å². The number of hydrogen-bond acceptors (Lipinski definition) is 3. The van der Waals surface area contributed by atoms with Crippen molar-refractivity contribution < 1.29 is 0 Å². The molecule has 1 saturated carbocycles. The molecule has 0 aromatic heterocycles. The Kier molecular flexibility index (Phi) is 4.45. The molecule has 3 heteroatoms. The van der Waals surface area contributed by atoms with Crippen molar-refractivity contribution >= 4 is 0 Å². The lowest BCUT2D eigenvalue weighted by Gasteiger charge is -2.43. The zero-order valence-electron chi connectivity index (χ0n) is 12.7. The Hall–Kier alpha value is -0.120. The van der Waals surface area contributed by atoms with Gasteiger partial charge in [0.25, 0.3) is 0 Å². The molecule has 19 heavy (non-hydrogen) atoms. The lowest BCUT2D eigenvalue weighted by atomic mass is 9.76. The van der Waals surface area contributed by atoms with Gasteiger partial charge in [0.2, 0.25) is 0 Å². The predicted octanol–water partition coefficient (Wildman–Crippen LogP) is 1.79. The standard InChI is InChI=1S/C16H31N3/c1-2-16(5-7-17-8-6-16)14-19-11-9-18(10-12-19)13-15-3-4-15/h15,17H,2-14H2,1H3. The Morgan fingerprint density at radius 1 is 1.00 bits per heavy atom. The van der Waals surface area contributed by atoms with E-state index >= 15 is 0 Å². The maximum Gasteiger partial charge on any atom is 0.0110 e. The van der Waals surface area contributed by atoms with Crippen molar-refractivity contribution in [3.63, 3.8) is 0 Å². The number of rotatable bonds is 5. The van der Waals surface area contributed by atoms with E-state index in [-0.39, 0.29) is 0 Å². The van der Waals surface area contributed by atoms with Gasteiger partial charge < -0.3 is 15.1 Å². The van der Waals surface area contributed by atoms with E-state index in [2.05, 4.69) is 22.0 Å². The van der Waals surface area contributed by atoms with E-state index in [1.807, 2.05) is 0 Å². The molecule has 0 unspecified atom stereocenters. The van der Waals surface area contributed by atoms with Crippen molar-refractivity contribution in [2.75, 3.05) is 52.4 Å². The normalized spacial score (nSPS) is 29.5. The summed E-state index contributed by atoms with van der Waals surface area (Å²) >= 11 is 0. The highest BCUT2D eigenvalue weighted by molar-refractivity contribution is 4.88. The van der Waals surface area contributed by atoms with Crippen molar-refractivity contribution in [1.82, 2.24) is 15.1 Å². The average Bonchev–Trinajstić information content (AvgIpc) is 3.26. The SMILES string of the molecule is CCC1(CN2CCN(CC3CC3)CC2)CCNCC1. The van der Waals surface area contributed by atoms with Gasteiger partial charge in [-0.3, -0.25) is 0 Å². The molecule has 1 N–H and O–H groups in total. The zero-order chi connectivity index (χ0) is 13.1. The molecule has 110 valence electrons. The van der Waals surface area contributed by atoms with Crippen LogP contribution in [0.25, 0.3) is 0 Å². The first kappa shape index (κ1) is 13.8. The van der Waals surface area contributed by atoms with Gasteiger partial charge in [0.05, 0.1) is 0 Å². The van der Waals surface area contributed by atoms with Crippen LogP contribution in [0.1, 0.15) is 39.0 Å². The number of nitrogens with one attached hydrogen (secondary N) is 1. The molecule has 0 aromatic carbocycles. The third-order valence-electron chi connectivity index (χ3n) is 5.65. The summed E-state index contributed by atoms with van der Waals surface area (Å²) in [5.74, 6) is 1.05. The van der Waals surface area contributed by atoms with Crippen molar-refractivity contribution in [3.8, 4) is 0 Å². The second-order valence-electron chi connectivity index (χ2n) is 7.12. The Bertz CT molecular complexity index is 274. The van der Waals surface area contributed by atoms with Crippen LogP contribution < -0.4 is 5.32 Å². The highest BCUT2D eigenvalue weighted by Gasteiger charge is 2.33. The van der Waals surface area contributed by atoms with Crippen LogP contribution in [0.5, 0.6) is 0 Å². The summed E-state index contributed by atoms with van der Waals surface area (Å²) in [7, 11) is 0. The third-order valence-corrected chi connectivity index (χ3v) is 5.65. The summed E-state index contributed by atoms with van der Waals surface area (Å²) in [6.45, 7) is 12.8. The van der Waals surface area contributed by atoms with Gasteiger partial charge >= 0.3 is 0 Å². The Morgan fingerprint density at radius 3 is 2.21 bits per heavy atom. The number of nitrogens with zero attached hydrogens (tertiary/aromatic N) is 2. The molecule has 3 rings (SSSR count). The van der Waals surface area contributed by atoms with Crippen LogP contribution in [0.3, 0.4) is 0 Å². The molecule has 0 radical (unpaired) electrons. The minimum absolute atomic E-state index is 0.615. The molecule has 3 fully saturated rings. The van der Waals surface area contributed by atoms with E-state index in [9.17, 15) is 0 Å². The van der Waals surface area contributed by atoms with Crippen LogP contribution in [0.2, 0.25) is 0 Å². The summed E-state index contributed by atoms with van der Waals surface area (Å²) in [5.41, 5.74) is 0.615. The summed E-state index contributed by atoms with van der Waals surface area (Å²) in [4.78, 5) is 5.45. The summed E-state index contributed by atoms with van der Waals surface area (Å²) in [6, 6.07) is 0. The van der Waals surface area contributed by atoms with Gasteiger partial charge in [-0.2, -0.15) is 0 Å². The van der Waals surface area contributed by atoms with Crippen LogP contribution in [-0.2, 0) is 0 Å². The van der Waals surface area contributed by atoms with Gasteiger partial charge in [-0.25, -0.2) is 0 Å². The fourth-order valence-corrected chi connectivity index (χ4v) is 3.85. The number of piperidine rings is 1. The van der Waals surface area contributed by atoms with Crippen LogP contribution in [0.4, 0.5) is 0 Å². The van der Waals surface area contributed by atoms with Crippen LogP contribution >= 0.6 is 0 Å². The highest BCUT2D eigenvalue weighted by Crippen LogP contribution is 2.34. The van der Waals surface area contributed by atoms with E-state index in [1.54, 1.807) is 0 Å². The monoisotopic (exact) mass is 265 g/mol. The molecule has 0 atom stereocenters. The first-order valence-corrected chi connectivity index (χ1v) is 8.45. The molecule has 0 bridgehead atoms. The van der Waals surface area contributed by atoms with Gasteiger partial charge in [0, 0.05) is 39.3 Å². The molecule has 0 aromatic rings. The van der Waals surface area contributed by atoms with Crippen molar-refractivity contribution in [2.24, 2.45) is 11.3 Å². The zero-order valence-corrected chi connectivity index (χ0v) is 12.7. The summed E-state index contributed by atoms with van der Waals surface area (Å²) < 4.78 is 0. The Balaban J connectivity index is 1.44. The molecule has 2 aliphatic heterocycles. The van der Waals surface area contributed by atoms with Gasteiger partial charge in [-0.15, -0.1) is 0 Å². The second-order valence-corrected chi connectivity index (χ2v) is 7.12. The molecule has 3 aliphatic rings. The largest absolute Gasteiger partial charge is 0.317 e. The van der Waals surface area contributed by atoms with Crippen LogP contribution in [0.15, 0.2) is 0 Å². The van der Waals surface area contributed by atoms with Gasteiger partial charge in [-0.1, -0.05) is 6.92 Å². The molecular weight excluding hydrogens is 234 g/mol. The fraction of sp³-hybridized carbons (Fsp3) is 1.00. The molecule has 2 saturated heterocycles. The molecule has 2 heterocycles. The van der Waals surface area contributed by atoms with Crippen LogP contribution in [-0.4, -0.2) is 62.2 Å². The predicted molar refractivity (Wildman–Crippen MR) is 80.4 cm³/mol. The smallest absolute Gasteiger partial charge is 0.0110 e. The average molecular weight is 265 g/mol. The van der Waals surface area contributed by atoms with E-state index < -0.39 is 0 Å². The molecule has 0 amide bonds. The minimum atomic E-state index is 0.615. The van der Waals surface area contributed by atoms with E-state index in [1.165, 1.54) is 84.5 Å². The maximum absolute atomic E-state index is 3.52.